The minimum atomic E-state index is 0.432. The molecule has 0 fully saturated rings. The molecule has 1 N–H and O–H groups in total. The molecular weight excluding hydrogens is 530 g/mol. The predicted molar refractivity (Wildman–Crippen MR) is 197 cm³/mol. The standard InChI is InChI=1S/C43H53N/c1-7-18-34(5)35(6)33-36(10-4)27-32-43(42(20-9-3)38-24-15-12-16-25-38)39-28-30-41(31-29-39)44-40(19-8-2)26-17-23-37-21-13-11-14-22-37/h7,10-13,15-18,20-21,23-26,28-34,44H,8-9,14,19,22,27H2,1-6H3/b18-7-,23-17+,35-33-,36-10-,40-26+,42-20-,43-32-. The SMILES string of the molecule is C/C=C\C(C)/C(C)=C\C(=C/C)C/C=C(\C(=C/CC)c1ccccc1)c1ccc(N/C(=C/C=C/C2=CC=CCC2)CCC)cc1. The van der Waals surface area contributed by atoms with Crippen LogP contribution < -0.4 is 5.32 Å². The normalized spacial score (nSPS) is 16.1. The van der Waals surface area contributed by atoms with Crippen LogP contribution in [0.5, 0.6) is 0 Å². The van der Waals surface area contributed by atoms with Gasteiger partial charge in [-0.2, -0.15) is 0 Å². The summed E-state index contributed by atoms with van der Waals surface area (Å²) in [7, 11) is 0. The summed E-state index contributed by atoms with van der Waals surface area (Å²) in [5, 5.41) is 3.69. The van der Waals surface area contributed by atoms with E-state index in [2.05, 4.69) is 174 Å². The summed E-state index contributed by atoms with van der Waals surface area (Å²) in [5.74, 6) is 0.432. The topological polar surface area (TPSA) is 12.0 Å². The van der Waals surface area contributed by atoms with Crippen LogP contribution >= 0.6 is 0 Å². The molecule has 0 aliphatic heterocycles. The molecule has 2 aromatic carbocycles. The Kier molecular flexibility index (Phi) is 15.0. The van der Waals surface area contributed by atoms with Gasteiger partial charge in [0.05, 0.1) is 0 Å². The maximum Gasteiger partial charge on any atom is 0.0382 e. The number of rotatable bonds is 15. The first-order chi connectivity index (χ1) is 21.5. The first-order valence-electron chi connectivity index (χ1n) is 16.5. The zero-order chi connectivity index (χ0) is 31.6. The molecule has 44 heavy (non-hydrogen) atoms. The number of hydrogen-bond donors (Lipinski definition) is 1. The quantitative estimate of drug-likeness (QED) is 0.162. The average Bonchev–Trinajstić information content (AvgIpc) is 3.05. The molecule has 0 radical (unpaired) electrons. The van der Waals surface area contributed by atoms with Crippen LogP contribution in [0, 0.1) is 5.92 Å². The lowest BCUT2D eigenvalue weighted by Crippen LogP contribution is -2.00. The molecule has 0 saturated heterocycles. The van der Waals surface area contributed by atoms with Gasteiger partial charge < -0.3 is 5.32 Å². The zero-order valence-electron chi connectivity index (χ0n) is 27.9. The summed E-state index contributed by atoms with van der Waals surface area (Å²) in [4.78, 5) is 0. The molecule has 1 nitrogen and oxygen atoms in total. The van der Waals surface area contributed by atoms with E-state index in [9.17, 15) is 0 Å². The van der Waals surface area contributed by atoms with Crippen LogP contribution in [0.25, 0.3) is 11.1 Å². The fraction of sp³-hybridized carbons (Fsp3) is 0.302. The minimum absolute atomic E-state index is 0.432. The smallest absolute Gasteiger partial charge is 0.0382 e. The molecule has 0 spiro atoms. The number of nitrogens with one attached hydrogen (secondary N) is 1. The van der Waals surface area contributed by atoms with Gasteiger partial charge in [0.15, 0.2) is 0 Å². The van der Waals surface area contributed by atoms with Crippen molar-refractivity contribution in [2.75, 3.05) is 5.32 Å². The largest absolute Gasteiger partial charge is 0.359 e. The maximum absolute atomic E-state index is 3.69. The Labute approximate surface area is 268 Å². The van der Waals surface area contributed by atoms with Crippen molar-refractivity contribution >= 4 is 16.8 Å². The number of benzene rings is 2. The molecule has 0 bridgehead atoms. The Morgan fingerprint density at radius 2 is 1.66 bits per heavy atom. The van der Waals surface area contributed by atoms with Gasteiger partial charge >= 0.3 is 0 Å². The molecule has 0 saturated carbocycles. The van der Waals surface area contributed by atoms with Gasteiger partial charge in [0.2, 0.25) is 0 Å². The van der Waals surface area contributed by atoms with Crippen LogP contribution in [-0.4, -0.2) is 0 Å². The van der Waals surface area contributed by atoms with Crippen molar-refractivity contribution in [2.45, 2.75) is 80.1 Å². The zero-order valence-corrected chi connectivity index (χ0v) is 27.9. The van der Waals surface area contributed by atoms with Crippen LogP contribution in [0.3, 0.4) is 0 Å². The average molecular weight is 584 g/mol. The van der Waals surface area contributed by atoms with Crippen molar-refractivity contribution < 1.29 is 0 Å². The second kappa shape index (κ2) is 19.2. The summed E-state index contributed by atoms with van der Waals surface area (Å²) < 4.78 is 0. The van der Waals surface area contributed by atoms with E-state index in [0.717, 1.165) is 44.2 Å². The molecule has 0 aromatic heterocycles. The van der Waals surface area contributed by atoms with E-state index in [1.165, 1.54) is 44.7 Å². The molecular formula is C43H53N. The van der Waals surface area contributed by atoms with Gasteiger partial charge in [0, 0.05) is 11.4 Å². The van der Waals surface area contributed by atoms with Crippen LogP contribution in [0.1, 0.15) is 91.2 Å². The second-order valence-electron chi connectivity index (χ2n) is 11.5. The van der Waals surface area contributed by atoms with Crippen molar-refractivity contribution in [2.24, 2.45) is 5.92 Å². The van der Waals surface area contributed by atoms with E-state index in [1.54, 1.807) is 0 Å². The van der Waals surface area contributed by atoms with Crippen molar-refractivity contribution in [1.29, 1.82) is 0 Å². The molecule has 1 atom stereocenters. The number of anilines is 1. The van der Waals surface area contributed by atoms with Gasteiger partial charge in [-0.05, 0) is 110 Å². The highest BCUT2D eigenvalue weighted by molar-refractivity contribution is 6.05. The Morgan fingerprint density at radius 1 is 0.932 bits per heavy atom. The van der Waals surface area contributed by atoms with Gasteiger partial charge in [0.25, 0.3) is 0 Å². The van der Waals surface area contributed by atoms with E-state index in [-0.39, 0.29) is 0 Å². The summed E-state index contributed by atoms with van der Waals surface area (Å²) in [5.41, 5.74) is 11.5. The summed E-state index contributed by atoms with van der Waals surface area (Å²) in [6.07, 6.45) is 33.2. The molecule has 0 heterocycles. The van der Waals surface area contributed by atoms with Gasteiger partial charge in [-0.3, -0.25) is 0 Å². The van der Waals surface area contributed by atoms with E-state index >= 15 is 0 Å². The highest BCUT2D eigenvalue weighted by atomic mass is 14.9. The van der Waals surface area contributed by atoms with Crippen LogP contribution in [0.15, 0.2) is 150 Å². The third kappa shape index (κ3) is 11.2. The number of hydrogen-bond acceptors (Lipinski definition) is 1. The van der Waals surface area contributed by atoms with E-state index < -0.39 is 0 Å². The number of allylic oxidation sites excluding steroid dienone is 18. The highest BCUT2D eigenvalue weighted by Gasteiger charge is 2.11. The molecule has 2 aromatic rings. The lowest BCUT2D eigenvalue weighted by molar-refractivity contribution is 0.857. The summed E-state index contributed by atoms with van der Waals surface area (Å²) in [6.45, 7) is 13.2. The van der Waals surface area contributed by atoms with Gasteiger partial charge in [-0.1, -0.05) is 142 Å². The minimum Gasteiger partial charge on any atom is -0.359 e. The van der Waals surface area contributed by atoms with Crippen molar-refractivity contribution in [3.63, 3.8) is 0 Å². The predicted octanol–water partition coefficient (Wildman–Crippen LogP) is 13.0. The molecule has 1 heteroatoms. The Bertz CT molecular complexity index is 1450. The van der Waals surface area contributed by atoms with E-state index in [1.807, 2.05) is 0 Å². The Morgan fingerprint density at radius 3 is 2.30 bits per heavy atom. The molecule has 230 valence electrons. The van der Waals surface area contributed by atoms with Crippen molar-refractivity contribution in [3.8, 4) is 0 Å². The first kappa shape index (κ1) is 34.4. The Hall–Kier alpha value is -4.10. The van der Waals surface area contributed by atoms with Crippen molar-refractivity contribution in [1.82, 2.24) is 0 Å². The molecule has 1 aliphatic carbocycles. The third-order valence-electron chi connectivity index (χ3n) is 7.98. The molecule has 1 unspecified atom stereocenters. The molecule has 0 amide bonds. The fourth-order valence-corrected chi connectivity index (χ4v) is 5.36. The lowest BCUT2D eigenvalue weighted by Gasteiger charge is -2.16. The highest BCUT2D eigenvalue weighted by Crippen LogP contribution is 2.34. The van der Waals surface area contributed by atoms with Gasteiger partial charge in [0.1, 0.15) is 0 Å². The van der Waals surface area contributed by atoms with Crippen LogP contribution in [0.2, 0.25) is 0 Å². The monoisotopic (exact) mass is 583 g/mol. The van der Waals surface area contributed by atoms with E-state index in [4.69, 9.17) is 0 Å². The van der Waals surface area contributed by atoms with Crippen LogP contribution in [0.4, 0.5) is 5.69 Å². The second-order valence-corrected chi connectivity index (χ2v) is 11.5. The van der Waals surface area contributed by atoms with Crippen molar-refractivity contribution in [3.05, 3.63) is 161 Å². The lowest BCUT2D eigenvalue weighted by atomic mass is 9.89. The third-order valence-corrected chi connectivity index (χ3v) is 7.98. The van der Waals surface area contributed by atoms with Gasteiger partial charge in [-0.25, -0.2) is 0 Å². The molecule has 1 aliphatic rings. The maximum atomic E-state index is 3.69. The summed E-state index contributed by atoms with van der Waals surface area (Å²) in [6, 6.07) is 19.8. The summed E-state index contributed by atoms with van der Waals surface area (Å²) >= 11 is 0. The first-order valence-corrected chi connectivity index (χ1v) is 16.5. The fourth-order valence-electron chi connectivity index (χ4n) is 5.36. The Balaban J connectivity index is 1.93. The van der Waals surface area contributed by atoms with Crippen LogP contribution in [-0.2, 0) is 0 Å². The van der Waals surface area contributed by atoms with Gasteiger partial charge in [-0.15, -0.1) is 0 Å². The molecule has 3 rings (SSSR count). The van der Waals surface area contributed by atoms with E-state index in [0.29, 0.717) is 5.92 Å².